The summed E-state index contributed by atoms with van der Waals surface area (Å²) < 4.78 is 44.1. The lowest BCUT2D eigenvalue weighted by Gasteiger charge is -2.28. The molecule has 2 aromatic rings. The number of fused-ring (bicyclic) bond motifs is 2. The molecule has 6 nitrogen and oxygen atoms in total. The average Bonchev–Trinajstić information content (AvgIpc) is 3.41. The van der Waals surface area contributed by atoms with Gasteiger partial charge in [-0.25, -0.2) is 9.78 Å². The summed E-state index contributed by atoms with van der Waals surface area (Å²) in [6.45, 7) is 1.55. The summed E-state index contributed by atoms with van der Waals surface area (Å²) in [7, 11) is 0. The molecule has 2 aliphatic rings. The number of carbonyl (C=O) groups is 2. The van der Waals surface area contributed by atoms with Crippen LogP contribution in [0.5, 0.6) is 0 Å². The third-order valence-corrected chi connectivity index (χ3v) is 6.64. The van der Waals surface area contributed by atoms with Gasteiger partial charge in [0, 0.05) is 17.9 Å². The Hall–Kier alpha value is -3.10. The Kier molecular flexibility index (Phi) is 6.58. The van der Waals surface area contributed by atoms with Crippen LogP contribution in [0.2, 0.25) is 0 Å². The van der Waals surface area contributed by atoms with E-state index < -0.39 is 24.3 Å². The largest absolute Gasteiger partial charge is 0.452 e. The summed E-state index contributed by atoms with van der Waals surface area (Å²) in [5.41, 5.74) is -0.687. The molecule has 2 saturated carbocycles. The van der Waals surface area contributed by atoms with Crippen LogP contribution in [-0.2, 0) is 15.7 Å². The topological polar surface area (TPSA) is 80.3 Å². The minimum Gasteiger partial charge on any atom is -0.452 e. The normalized spacial score (nSPS) is 22.6. The summed E-state index contributed by atoms with van der Waals surface area (Å²) in [6, 6.07) is 7.52. The minimum atomic E-state index is -4.49. The first-order valence-corrected chi connectivity index (χ1v) is 11.1. The highest BCUT2D eigenvalue weighted by molar-refractivity contribution is 5.96. The van der Waals surface area contributed by atoms with Crippen molar-refractivity contribution in [2.75, 3.05) is 11.9 Å². The van der Waals surface area contributed by atoms with Crippen LogP contribution < -0.4 is 10.6 Å². The van der Waals surface area contributed by atoms with Gasteiger partial charge in [0.25, 0.3) is 5.91 Å². The van der Waals surface area contributed by atoms with Gasteiger partial charge in [-0.1, -0.05) is 12.5 Å². The molecular weight excluding hydrogens is 435 g/mol. The number of nitrogens with zero attached hydrogens (tertiary/aromatic N) is 1. The molecule has 4 rings (SSSR count). The third-order valence-electron chi connectivity index (χ3n) is 6.64. The van der Waals surface area contributed by atoms with Crippen LogP contribution in [0.4, 0.5) is 24.7 Å². The number of carbonyl (C=O) groups excluding carboxylic acids is 2. The van der Waals surface area contributed by atoms with Gasteiger partial charge in [-0.05, 0) is 74.3 Å². The van der Waals surface area contributed by atoms with Crippen molar-refractivity contribution in [1.82, 2.24) is 10.3 Å². The van der Waals surface area contributed by atoms with E-state index in [2.05, 4.69) is 15.6 Å². The predicted octanol–water partition coefficient (Wildman–Crippen LogP) is 4.94. The molecule has 0 saturated heterocycles. The zero-order valence-electron chi connectivity index (χ0n) is 18.2. The van der Waals surface area contributed by atoms with Gasteiger partial charge in [0.2, 0.25) is 0 Å². The smallest absolute Gasteiger partial charge is 0.416 e. The number of hydrogen-bond donors (Lipinski definition) is 2. The SMILES string of the molecule is C[C@@H](NC(=O)COC(=O)c1cccnc1Nc1cccc(C(F)(F)F)c1)[C@@H]1C[C@@H]2CC[C@@H]1C2. The summed E-state index contributed by atoms with van der Waals surface area (Å²) >= 11 is 0. The van der Waals surface area contributed by atoms with Crippen LogP contribution in [0.15, 0.2) is 42.6 Å². The summed E-state index contributed by atoms with van der Waals surface area (Å²) in [4.78, 5) is 28.9. The van der Waals surface area contributed by atoms with Crippen LogP contribution in [0, 0.1) is 17.8 Å². The highest BCUT2D eigenvalue weighted by atomic mass is 19.4. The number of hydrogen-bond acceptors (Lipinski definition) is 5. The van der Waals surface area contributed by atoms with E-state index >= 15 is 0 Å². The second-order valence-corrected chi connectivity index (χ2v) is 8.87. The molecule has 1 amide bonds. The highest BCUT2D eigenvalue weighted by Gasteiger charge is 2.42. The summed E-state index contributed by atoms with van der Waals surface area (Å²) in [5, 5.41) is 5.66. The molecule has 9 heteroatoms. The number of pyridine rings is 1. The Morgan fingerprint density at radius 1 is 1.18 bits per heavy atom. The maximum Gasteiger partial charge on any atom is 0.416 e. The molecule has 1 aromatic heterocycles. The molecular formula is C24H26F3N3O3. The monoisotopic (exact) mass is 461 g/mol. The third kappa shape index (κ3) is 5.46. The van der Waals surface area contributed by atoms with Gasteiger partial charge in [0.15, 0.2) is 6.61 Å². The van der Waals surface area contributed by atoms with E-state index in [4.69, 9.17) is 4.74 Å². The molecule has 4 atom stereocenters. The van der Waals surface area contributed by atoms with Gasteiger partial charge in [-0.2, -0.15) is 13.2 Å². The average molecular weight is 461 g/mol. The second-order valence-electron chi connectivity index (χ2n) is 8.87. The molecule has 0 unspecified atom stereocenters. The maximum atomic E-state index is 13.0. The first-order chi connectivity index (χ1) is 15.7. The molecule has 1 aromatic carbocycles. The number of ether oxygens (including phenoxy) is 1. The van der Waals surface area contributed by atoms with E-state index in [1.54, 1.807) is 0 Å². The number of nitrogens with one attached hydrogen (secondary N) is 2. The fraction of sp³-hybridized carbons (Fsp3) is 0.458. The minimum absolute atomic E-state index is 0.0167. The molecule has 0 radical (unpaired) electrons. The Morgan fingerprint density at radius 3 is 2.70 bits per heavy atom. The van der Waals surface area contributed by atoms with Crippen LogP contribution in [0.3, 0.4) is 0 Å². The summed E-state index contributed by atoms with van der Waals surface area (Å²) in [5.74, 6) is 0.760. The molecule has 176 valence electrons. The fourth-order valence-corrected chi connectivity index (χ4v) is 5.10. The second kappa shape index (κ2) is 9.41. The van der Waals surface area contributed by atoms with Gasteiger partial charge < -0.3 is 15.4 Å². The number of anilines is 2. The van der Waals surface area contributed by atoms with Gasteiger partial charge in [-0.15, -0.1) is 0 Å². The van der Waals surface area contributed by atoms with E-state index in [9.17, 15) is 22.8 Å². The van der Waals surface area contributed by atoms with E-state index in [-0.39, 0.29) is 29.0 Å². The Morgan fingerprint density at radius 2 is 2.00 bits per heavy atom. The number of halogens is 3. The summed E-state index contributed by atoms with van der Waals surface area (Å²) in [6.07, 6.45) is 1.77. The molecule has 2 aliphatic carbocycles. The predicted molar refractivity (Wildman–Crippen MR) is 116 cm³/mol. The molecule has 2 bridgehead atoms. The van der Waals surface area contributed by atoms with Gasteiger partial charge >= 0.3 is 12.1 Å². The molecule has 2 fully saturated rings. The number of alkyl halides is 3. The quantitative estimate of drug-likeness (QED) is 0.571. The fourth-order valence-electron chi connectivity index (χ4n) is 5.10. The number of benzene rings is 1. The van der Waals surface area contributed by atoms with Crippen molar-refractivity contribution in [3.63, 3.8) is 0 Å². The number of esters is 1. The molecule has 0 aliphatic heterocycles. The zero-order chi connectivity index (χ0) is 23.6. The van der Waals surface area contributed by atoms with Crippen molar-refractivity contribution in [2.24, 2.45) is 17.8 Å². The van der Waals surface area contributed by atoms with Crippen molar-refractivity contribution in [3.8, 4) is 0 Å². The van der Waals surface area contributed by atoms with E-state index in [0.717, 1.165) is 24.5 Å². The van der Waals surface area contributed by atoms with Gasteiger partial charge in [-0.3, -0.25) is 4.79 Å². The number of rotatable bonds is 7. The highest BCUT2D eigenvalue weighted by Crippen LogP contribution is 2.49. The molecule has 2 N–H and O–H groups in total. The molecule has 0 spiro atoms. The van der Waals surface area contributed by atoms with Crippen LogP contribution in [-0.4, -0.2) is 29.5 Å². The van der Waals surface area contributed by atoms with E-state index in [0.29, 0.717) is 11.8 Å². The van der Waals surface area contributed by atoms with Crippen LogP contribution in [0.25, 0.3) is 0 Å². The number of aromatic nitrogens is 1. The van der Waals surface area contributed by atoms with Crippen molar-refractivity contribution in [3.05, 3.63) is 53.7 Å². The van der Waals surface area contributed by atoms with Gasteiger partial charge in [0.1, 0.15) is 11.4 Å². The molecule has 1 heterocycles. The van der Waals surface area contributed by atoms with Crippen molar-refractivity contribution in [2.45, 2.75) is 44.8 Å². The zero-order valence-corrected chi connectivity index (χ0v) is 18.2. The van der Waals surface area contributed by atoms with Gasteiger partial charge in [0.05, 0.1) is 5.56 Å². The maximum absolute atomic E-state index is 13.0. The number of amides is 1. The van der Waals surface area contributed by atoms with E-state index in [1.165, 1.54) is 49.7 Å². The van der Waals surface area contributed by atoms with Crippen molar-refractivity contribution in [1.29, 1.82) is 0 Å². The first kappa shape index (κ1) is 23.1. The lowest BCUT2D eigenvalue weighted by molar-refractivity contribution is -0.137. The van der Waals surface area contributed by atoms with Crippen molar-refractivity contribution >= 4 is 23.4 Å². The first-order valence-electron chi connectivity index (χ1n) is 11.1. The Bertz CT molecular complexity index is 1030. The Balaban J connectivity index is 1.35. The van der Waals surface area contributed by atoms with Crippen LogP contribution >= 0.6 is 0 Å². The lowest BCUT2D eigenvalue weighted by atomic mass is 9.84. The Labute approximate surface area is 189 Å². The standard InChI is InChI=1S/C24H26F3N3O3/c1-14(20-11-15-7-8-16(20)10-15)29-21(31)13-33-23(32)19-6-3-9-28-22(19)30-18-5-2-4-17(12-18)24(25,26)27/h2-6,9,12,14-16,20H,7-8,10-11,13H2,1H3,(H,28,30)(H,29,31)/t14-,15-,16-,20+/m1/s1. The lowest BCUT2D eigenvalue weighted by Crippen LogP contribution is -2.42. The van der Waals surface area contributed by atoms with Crippen LogP contribution in [0.1, 0.15) is 48.5 Å². The molecule has 33 heavy (non-hydrogen) atoms. The van der Waals surface area contributed by atoms with E-state index in [1.807, 2.05) is 6.92 Å². The van der Waals surface area contributed by atoms with Crippen molar-refractivity contribution < 1.29 is 27.5 Å².